The third kappa shape index (κ3) is 2.68. The molecule has 100 valence electrons. The van der Waals surface area contributed by atoms with E-state index >= 15 is 0 Å². The average Bonchev–Trinajstić information content (AvgIpc) is 3.14. The lowest BCUT2D eigenvalue weighted by molar-refractivity contribution is 0.0936. The molecule has 6 heteroatoms. The van der Waals surface area contributed by atoms with E-state index in [-0.39, 0.29) is 11.6 Å². The molecule has 0 aliphatic carbocycles. The zero-order chi connectivity index (χ0) is 13.1. The Morgan fingerprint density at radius 1 is 1.47 bits per heavy atom. The van der Waals surface area contributed by atoms with E-state index in [1.165, 1.54) is 6.26 Å². The monoisotopic (exact) mass is 262 g/mol. The van der Waals surface area contributed by atoms with Crippen LogP contribution in [-0.4, -0.2) is 30.8 Å². The Balaban J connectivity index is 1.60. The first-order valence-corrected chi connectivity index (χ1v) is 6.19. The molecule has 0 unspecified atom stereocenters. The van der Waals surface area contributed by atoms with Gasteiger partial charge in [-0.25, -0.2) is 0 Å². The standard InChI is InChI=1S/C13H14N2O4/c16-13(14-7-9-3-5-17-8-9)10-6-12(19-15-10)11-2-1-4-18-11/h1-2,4,6,9H,3,5,7-8H2,(H,14,16)/t9-/m0/s1. The zero-order valence-corrected chi connectivity index (χ0v) is 10.3. The Kier molecular flexibility index (Phi) is 3.33. The molecule has 1 fully saturated rings. The van der Waals surface area contributed by atoms with Gasteiger partial charge >= 0.3 is 0 Å². The van der Waals surface area contributed by atoms with Crippen LogP contribution >= 0.6 is 0 Å². The van der Waals surface area contributed by atoms with Gasteiger partial charge in [0.15, 0.2) is 11.5 Å². The predicted octanol–water partition coefficient (Wildman–Crippen LogP) is 1.70. The molecule has 1 saturated heterocycles. The third-order valence-electron chi connectivity index (χ3n) is 3.08. The van der Waals surface area contributed by atoms with E-state index in [0.29, 0.717) is 30.6 Å². The summed E-state index contributed by atoms with van der Waals surface area (Å²) >= 11 is 0. The van der Waals surface area contributed by atoms with Gasteiger partial charge in [0.25, 0.3) is 5.91 Å². The number of hydrogen-bond donors (Lipinski definition) is 1. The number of ether oxygens (including phenoxy) is 1. The van der Waals surface area contributed by atoms with Crippen molar-refractivity contribution in [2.75, 3.05) is 19.8 Å². The summed E-state index contributed by atoms with van der Waals surface area (Å²) in [5.41, 5.74) is 0.255. The van der Waals surface area contributed by atoms with E-state index in [2.05, 4.69) is 10.5 Å². The Morgan fingerprint density at radius 2 is 2.42 bits per heavy atom. The van der Waals surface area contributed by atoms with Gasteiger partial charge in [-0.3, -0.25) is 4.79 Å². The summed E-state index contributed by atoms with van der Waals surface area (Å²) in [5.74, 6) is 1.14. The molecule has 0 bridgehead atoms. The number of nitrogens with zero attached hydrogens (tertiary/aromatic N) is 1. The van der Waals surface area contributed by atoms with Crippen molar-refractivity contribution in [1.29, 1.82) is 0 Å². The predicted molar refractivity (Wildman–Crippen MR) is 65.5 cm³/mol. The summed E-state index contributed by atoms with van der Waals surface area (Å²) < 4.78 is 15.5. The number of hydrogen-bond acceptors (Lipinski definition) is 5. The second kappa shape index (κ2) is 5.27. The topological polar surface area (TPSA) is 77.5 Å². The maximum Gasteiger partial charge on any atom is 0.273 e. The Hall–Kier alpha value is -2.08. The van der Waals surface area contributed by atoms with Crippen molar-refractivity contribution >= 4 is 5.91 Å². The van der Waals surface area contributed by atoms with E-state index < -0.39 is 0 Å². The van der Waals surface area contributed by atoms with Crippen molar-refractivity contribution in [3.63, 3.8) is 0 Å². The van der Waals surface area contributed by atoms with Crippen molar-refractivity contribution < 1.29 is 18.5 Å². The quantitative estimate of drug-likeness (QED) is 0.907. The van der Waals surface area contributed by atoms with Crippen molar-refractivity contribution in [3.05, 3.63) is 30.2 Å². The minimum absolute atomic E-state index is 0.242. The third-order valence-corrected chi connectivity index (χ3v) is 3.08. The highest BCUT2D eigenvalue weighted by Gasteiger charge is 2.19. The zero-order valence-electron chi connectivity index (χ0n) is 10.3. The number of carbonyl (C=O) groups is 1. The van der Waals surface area contributed by atoms with Gasteiger partial charge in [-0.05, 0) is 18.6 Å². The normalized spacial score (nSPS) is 18.6. The molecule has 0 radical (unpaired) electrons. The lowest BCUT2D eigenvalue weighted by Gasteiger charge is -2.07. The van der Waals surface area contributed by atoms with Gasteiger partial charge in [0.2, 0.25) is 5.76 Å². The van der Waals surface area contributed by atoms with Crippen molar-refractivity contribution in [2.45, 2.75) is 6.42 Å². The van der Waals surface area contributed by atoms with Gasteiger partial charge in [-0.2, -0.15) is 0 Å². The van der Waals surface area contributed by atoms with Gasteiger partial charge in [-0.1, -0.05) is 5.16 Å². The van der Waals surface area contributed by atoms with Crippen LogP contribution in [0.3, 0.4) is 0 Å². The summed E-state index contributed by atoms with van der Waals surface area (Å²) in [6, 6.07) is 5.06. The van der Waals surface area contributed by atoms with Crippen LogP contribution in [0, 0.1) is 5.92 Å². The Labute approximate surface area is 109 Å². The maximum atomic E-state index is 11.9. The van der Waals surface area contributed by atoms with Crippen molar-refractivity contribution in [3.8, 4) is 11.5 Å². The van der Waals surface area contributed by atoms with Gasteiger partial charge < -0.3 is 19.0 Å². The number of furan rings is 1. The minimum atomic E-state index is -0.242. The highest BCUT2D eigenvalue weighted by molar-refractivity contribution is 5.92. The molecule has 1 atom stereocenters. The number of rotatable bonds is 4. The van der Waals surface area contributed by atoms with Gasteiger partial charge in [-0.15, -0.1) is 0 Å². The van der Waals surface area contributed by atoms with Crippen LogP contribution in [0.1, 0.15) is 16.9 Å². The van der Waals surface area contributed by atoms with E-state index in [1.807, 2.05) is 0 Å². The number of nitrogens with one attached hydrogen (secondary N) is 1. The lowest BCUT2D eigenvalue weighted by Crippen LogP contribution is -2.29. The van der Waals surface area contributed by atoms with Crippen molar-refractivity contribution in [2.24, 2.45) is 5.92 Å². The molecule has 2 aromatic rings. The van der Waals surface area contributed by atoms with Crippen LogP contribution in [0.5, 0.6) is 0 Å². The van der Waals surface area contributed by atoms with Crippen LogP contribution in [0.2, 0.25) is 0 Å². The molecule has 0 spiro atoms. The summed E-state index contributed by atoms with van der Waals surface area (Å²) in [5, 5.41) is 6.57. The molecule has 0 saturated carbocycles. The van der Waals surface area contributed by atoms with E-state index in [0.717, 1.165) is 13.0 Å². The first-order chi connectivity index (χ1) is 9.33. The Bertz CT molecular complexity index is 541. The average molecular weight is 262 g/mol. The highest BCUT2D eigenvalue weighted by atomic mass is 16.5. The van der Waals surface area contributed by atoms with Crippen LogP contribution in [0.25, 0.3) is 11.5 Å². The van der Waals surface area contributed by atoms with Crippen LogP contribution in [0.15, 0.2) is 33.4 Å². The fourth-order valence-corrected chi connectivity index (χ4v) is 1.99. The lowest BCUT2D eigenvalue weighted by atomic mass is 10.1. The van der Waals surface area contributed by atoms with Gasteiger partial charge in [0, 0.05) is 25.1 Å². The van der Waals surface area contributed by atoms with Crippen LogP contribution in [-0.2, 0) is 4.74 Å². The van der Waals surface area contributed by atoms with Crippen LogP contribution < -0.4 is 5.32 Å². The van der Waals surface area contributed by atoms with E-state index in [4.69, 9.17) is 13.7 Å². The number of carbonyl (C=O) groups excluding carboxylic acids is 1. The molecule has 3 heterocycles. The highest BCUT2D eigenvalue weighted by Crippen LogP contribution is 2.20. The second-order valence-corrected chi connectivity index (χ2v) is 4.49. The smallest absolute Gasteiger partial charge is 0.273 e. The summed E-state index contributed by atoms with van der Waals surface area (Å²) in [6.45, 7) is 2.08. The minimum Gasteiger partial charge on any atom is -0.461 e. The summed E-state index contributed by atoms with van der Waals surface area (Å²) in [4.78, 5) is 11.9. The van der Waals surface area contributed by atoms with Crippen LogP contribution in [0.4, 0.5) is 0 Å². The largest absolute Gasteiger partial charge is 0.461 e. The van der Waals surface area contributed by atoms with Gasteiger partial charge in [0.05, 0.1) is 12.9 Å². The van der Waals surface area contributed by atoms with E-state index in [1.54, 1.807) is 18.2 Å². The fourth-order valence-electron chi connectivity index (χ4n) is 1.99. The number of aromatic nitrogens is 1. The second-order valence-electron chi connectivity index (χ2n) is 4.49. The Morgan fingerprint density at radius 3 is 3.16 bits per heavy atom. The molecule has 19 heavy (non-hydrogen) atoms. The molecule has 1 aliphatic rings. The molecule has 1 N–H and O–H groups in total. The molecule has 6 nitrogen and oxygen atoms in total. The van der Waals surface area contributed by atoms with Gasteiger partial charge in [0.1, 0.15) is 0 Å². The first kappa shape index (κ1) is 12.0. The number of amides is 1. The summed E-state index contributed by atoms with van der Waals surface area (Å²) in [6.07, 6.45) is 2.52. The molecule has 3 rings (SSSR count). The molecule has 1 aliphatic heterocycles. The summed E-state index contributed by atoms with van der Waals surface area (Å²) in [7, 11) is 0. The molecule has 2 aromatic heterocycles. The first-order valence-electron chi connectivity index (χ1n) is 6.19. The fraction of sp³-hybridized carbons (Fsp3) is 0.385. The SMILES string of the molecule is O=C(NC[C@@H]1CCOC1)c1cc(-c2ccco2)on1. The van der Waals surface area contributed by atoms with Crippen molar-refractivity contribution in [1.82, 2.24) is 10.5 Å². The molecular weight excluding hydrogens is 248 g/mol. The molecule has 1 amide bonds. The van der Waals surface area contributed by atoms with E-state index in [9.17, 15) is 4.79 Å². The maximum absolute atomic E-state index is 11.9. The molecular formula is C13H14N2O4. The molecule has 0 aromatic carbocycles.